The van der Waals surface area contributed by atoms with Gasteiger partial charge in [0.25, 0.3) is 0 Å². The second kappa shape index (κ2) is 7.78. The van der Waals surface area contributed by atoms with Gasteiger partial charge in [-0.15, -0.1) is 0 Å². The van der Waals surface area contributed by atoms with Crippen molar-refractivity contribution in [2.75, 3.05) is 6.61 Å². The molecule has 0 radical (unpaired) electrons. The summed E-state index contributed by atoms with van der Waals surface area (Å²) in [5.41, 5.74) is 3.83. The first-order valence-electron chi connectivity index (χ1n) is 9.09. The van der Waals surface area contributed by atoms with Crippen LogP contribution in [0.15, 0.2) is 30.3 Å². The van der Waals surface area contributed by atoms with Gasteiger partial charge in [-0.25, -0.2) is 4.79 Å². The van der Waals surface area contributed by atoms with Crippen molar-refractivity contribution < 1.29 is 19.1 Å². The van der Waals surface area contributed by atoms with Gasteiger partial charge in [0.1, 0.15) is 0 Å². The van der Waals surface area contributed by atoms with E-state index >= 15 is 0 Å². The van der Waals surface area contributed by atoms with E-state index in [1.807, 2.05) is 19.9 Å². The van der Waals surface area contributed by atoms with Gasteiger partial charge in [-0.3, -0.25) is 9.59 Å². The van der Waals surface area contributed by atoms with Crippen LogP contribution >= 0.6 is 0 Å². The summed E-state index contributed by atoms with van der Waals surface area (Å²) in [5, 5.41) is 2.70. The standard InChI is InChI=1S/C21H24N2O4/c1-13-10-19(14(2)23(13)18-8-9-18)21(26)27-12-20(25)17-6-4-16(5-7-17)11-22-15(3)24/h4-7,10,18H,8-9,11-12H2,1-3H3,(H,22,24). The Kier molecular flexibility index (Phi) is 5.44. The molecule has 1 heterocycles. The fourth-order valence-corrected chi connectivity index (χ4v) is 3.21. The molecule has 1 amide bonds. The molecular weight excluding hydrogens is 344 g/mol. The largest absolute Gasteiger partial charge is 0.454 e. The molecule has 1 N–H and O–H groups in total. The Labute approximate surface area is 158 Å². The maximum atomic E-state index is 12.4. The molecule has 0 spiro atoms. The summed E-state index contributed by atoms with van der Waals surface area (Å²) in [4.78, 5) is 35.6. The van der Waals surface area contributed by atoms with Gasteiger partial charge in [0, 0.05) is 36.5 Å². The maximum Gasteiger partial charge on any atom is 0.340 e. The van der Waals surface area contributed by atoms with Gasteiger partial charge < -0.3 is 14.6 Å². The second-order valence-electron chi connectivity index (χ2n) is 6.99. The minimum absolute atomic E-state index is 0.108. The van der Waals surface area contributed by atoms with E-state index in [9.17, 15) is 14.4 Å². The number of carbonyl (C=O) groups is 3. The van der Waals surface area contributed by atoms with Crippen molar-refractivity contribution in [3.8, 4) is 0 Å². The van der Waals surface area contributed by atoms with Gasteiger partial charge in [-0.1, -0.05) is 24.3 Å². The van der Waals surface area contributed by atoms with Gasteiger partial charge in [-0.2, -0.15) is 0 Å². The van der Waals surface area contributed by atoms with Crippen molar-refractivity contribution in [1.29, 1.82) is 0 Å². The van der Waals surface area contributed by atoms with Crippen LogP contribution < -0.4 is 5.32 Å². The van der Waals surface area contributed by atoms with E-state index in [0.717, 1.165) is 29.8 Å². The Hall–Kier alpha value is -2.89. The third-order valence-electron chi connectivity index (χ3n) is 4.77. The highest BCUT2D eigenvalue weighted by atomic mass is 16.5. The van der Waals surface area contributed by atoms with Crippen LogP contribution in [0.2, 0.25) is 0 Å². The Balaban J connectivity index is 1.58. The summed E-state index contributed by atoms with van der Waals surface area (Å²) in [6.07, 6.45) is 2.28. The normalized spacial score (nSPS) is 13.3. The first-order chi connectivity index (χ1) is 12.9. The zero-order valence-corrected chi connectivity index (χ0v) is 15.9. The van der Waals surface area contributed by atoms with Crippen LogP contribution in [-0.2, 0) is 16.1 Å². The number of aryl methyl sites for hydroxylation is 1. The Morgan fingerprint density at radius 3 is 2.41 bits per heavy atom. The van der Waals surface area contributed by atoms with Gasteiger partial charge in [0.15, 0.2) is 12.4 Å². The molecule has 1 aliphatic rings. The number of ether oxygens (including phenoxy) is 1. The summed E-state index contributed by atoms with van der Waals surface area (Å²) < 4.78 is 7.42. The second-order valence-corrected chi connectivity index (χ2v) is 6.99. The number of hydrogen-bond donors (Lipinski definition) is 1. The smallest absolute Gasteiger partial charge is 0.340 e. The van der Waals surface area contributed by atoms with Crippen molar-refractivity contribution in [1.82, 2.24) is 9.88 Å². The minimum Gasteiger partial charge on any atom is -0.454 e. The first-order valence-corrected chi connectivity index (χ1v) is 9.09. The quantitative estimate of drug-likeness (QED) is 0.602. The molecule has 1 aliphatic carbocycles. The lowest BCUT2D eigenvalue weighted by molar-refractivity contribution is -0.119. The molecule has 0 atom stereocenters. The molecule has 6 heteroatoms. The number of esters is 1. The van der Waals surface area contributed by atoms with E-state index in [1.165, 1.54) is 6.92 Å². The topological polar surface area (TPSA) is 77.4 Å². The number of nitrogens with zero attached hydrogens (tertiary/aromatic N) is 1. The van der Waals surface area contributed by atoms with Crippen molar-refractivity contribution in [2.45, 2.75) is 46.2 Å². The van der Waals surface area contributed by atoms with E-state index in [2.05, 4.69) is 9.88 Å². The highest BCUT2D eigenvalue weighted by Gasteiger charge is 2.28. The number of amides is 1. The van der Waals surface area contributed by atoms with Crippen LogP contribution in [0.25, 0.3) is 0 Å². The number of rotatable bonds is 7. The molecule has 1 saturated carbocycles. The van der Waals surface area contributed by atoms with E-state index in [4.69, 9.17) is 4.74 Å². The van der Waals surface area contributed by atoms with Crippen LogP contribution in [0, 0.1) is 13.8 Å². The van der Waals surface area contributed by atoms with Crippen LogP contribution in [-0.4, -0.2) is 28.8 Å². The third kappa shape index (κ3) is 4.45. The van der Waals surface area contributed by atoms with Crippen molar-refractivity contribution >= 4 is 17.7 Å². The zero-order chi connectivity index (χ0) is 19.6. The molecule has 3 rings (SSSR count). The number of Topliss-reactive ketones (excluding diaryl/α,β-unsaturated/α-hetero) is 1. The minimum atomic E-state index is -0.467. The summed E-state index contributed by atoms with van der Waals surface area (Å²) in [6.45, 7) is 5.47. The molecular formula is C21H24N2O4. The van der Waals surface area contributed by atoms with Crippen molar-refractivity contribution in [3.05, 3.63) is 58.4 Å². The molecule has 1 fully saturated rings. The number of nitrogens with one attached hydrogen (secondary N) is 1. The average Bonchev–Trinajstić information content (AvgIpc) is 3.43. The number of ketones is 1. The third-order valence-corrected chi connectivity index (χ3v) is 4.77. The molecule has 0 saturated heterocycles. The molecule has 1 aromatic carbocycles. The monoisotopic (exact) mass is 368 g/mol. The lowest BCUT2D eigenvalue weighted by atomic mass is 10.1. The molecule has 0 unspecified atom stereocenters. The Morgan fingerprint density at radius 2 is 1.81 bits per heavy atom. The number of benzene rings is 1. The maximum absolute atomic E-state index is 12.4. The summed E-state index contributed by atoms with van der Waals surface area (Å²) >= 11 is 0. The molecule has 6 nitrogen and oxygen atoms in total. The fraction of sp³-hybridized carbons (Fsp3) is 0.381. The zero-order valence-electron chi connectivity index (χ0n) is 15.9. The van der Waals surface area contributed by atoms with Gasteiger partial charge in [0.05, 0.1) is 5.56 Å². The summed E-state index contributed by atoms with van der Waals surface area (Å²) in [5.74, 6) is -0.834. The van der Waals surface area contributed by atoms with Crippen molar-refractivity contribution in [2.24, 2.45) is 0 Å². The molecule has 142 valence electrons. The Bertz CT molecular complexity index is 876. The lowest BCUT2D eigenvalue weighted by Gasteiger charge is -2.08. The van der Waals surface area contributed by atoms with Crippen LogP contribution in [0.5, 0.6) is 0 Å². The average molecular weight is 368 g/mol. The number of hydrogen-bond acceptors (Lipinski definition) is 4. The van der Waals surface area contributed by atoms with Crippen LogP contribution in [0.1, 0.15) is 63.5 Å². The van der Waals surface area contributed by atoms with Crippen molar-refractivity contribution in [3.63, 3.8) is 0 Å². The molecule has 1 aromatic heterocycles. The highest BCUT2D eigenvalue weighted by Crippen LogP contribution is 2.38. The molecule has 0 aliphatic heterocycles. The molecule has 27 heavy (non-hydrogen) atoms. The number of aromatic nitrogens is 1. The van der Waals surface area contributed by atoms with E-state index < -0.39 is 5.97 Å². The van der Waals surface area contributed by atoms with E-state index in [-0.39, 0.29) is 18.3 Å². The summed E-state index contributed by atoms with van der Waals surface area (Å²) in [7, 11) is 0. The Morgan fingerprint density at radius 1 is 1.15 bits per heavy atom. The molecule has 0 bridgehead atoms. The number of carbonyl (C=O) groups excluding carboxylic acids is 3. The van der Waals surface area contributed by atoms with Gasteiger partial charge in [0.2, 0.25) is 5.91 Å². The predicted molar refractivity (Wildman–Crippen MR) is 101 cm³/mol. The predicted octanol–water partition coefficient (Wildman–Crippen LogP) is 3.12. The van der Waals surface area contributed by atoms with Gasteiger partial charge in [-0.05, 0) is 38.3 Å². The highest BCUT2D eigenvalue weighted by molar-refractivity contribution is 5.99. The molecule has 2 aromatic rings. The fourth-order valence-electron chi connectivity index (χ4n) is 3.21. The van der Waals surface area contributed by atoms with Crippen LogP contribution in [0.4, 0.5) is 0 Å². The summed E-state index contributed by atoms with van der Waals surface area (Å²) in [6, 6.07) is 9.21. The SMILES string of the molecule is CC(=O)NCc1ccc(C(=O)COC(=O)c2cc(C)n(C3CC3)c2C)cc1. The van der Waals surface area contributed by atoms with E-state index in [1.54, 1.807) is 24.3 Å². The van der Waals surface area contributed by atoms with Crippen LogP contribution in [0.3, 0.4) is 0 Å². The van der Waals surface area contributed by atoms with E-state index in [0.29, 0.717) is 23.7 Å². The lowest BCUT2D eigenvalue weighted by Crippen LogP contribution is -2.19. The van der Waals surface area contributed by atoms with Gasteiger partial charge >= 0.3 is 5.97 Å². The first kappa shape index (κ1) is 18.9.